The van der Waals surface area contributed by atoms with E-state index in [1.165, 1.54) is 5.56 Å². The van der Waals surface area contributed by atoms with Crippen LogP contribution in [0.15, 0.2) is 46.9 Å². The quantitative estimate of drug-likeness (QED) is 0.483. The number of furan rings is 1. The van der Waals surface area contributed by atoms with E-state index in [1.54, 1.807) is 6.92 Å². The number of amides is 1. The maximum absolute atomic E-state index is 13.4. The molecule has 1 fully saturated rings. The Morgan fingerprint density at radius 3 is 2.52 bits per heavy atom. The SMILES string of the molecule is CCOC(=O)C(C)N(CC(=O)N(CCc1ccccc1)Cc1ccc(C)o1)CC1CC1. The van der Waals surface area contributed by atoms with Crippen LogP contribution in [0.25, 0.3) is 0 Å². The van der Waals surface area contributed by atoms with E-state index < -0.39 is 6.04 Å². The summed E-state index contributed by atoms with van der Waals surface area (Å²) in [6.45, 7) is 7.84. The Balaban J connectivity index is 1.69. The van der Waals surface area contributed by atoms with Crippen molar-refractivity contribution in [2.45, 2.75) is 52.6 Å². The van der Waals surface area contributed by atoms with Crippen LogP contribution in [0.4, 0.5) is 0 Å². The molecule has 3 rings (SSSR count). The van der Waals surface area contributed by atoms with Crippen molar-refractivity contribution in [3.05, 3.63) is 59.5 Å². The van der Waals surface area contributed by atoms with Crippen LogP contribution in [0.3, 0.4) is 0 Å². The molecule has 1 amide bonds. The molecular formula is C25H34N2O4. The number of hydrogen-bond donors (Lipinski definition) is 0. The first-order valence-corrected chi connectivity index (χ1v) is 11.2. The van der Waals surface area contributed by atoms with Crippen LogP contribution < -0.4 is 0 Å². The maximum atomic E-state index is 13.4. The molecule has 1 atom stereocenters. The van der Waals surface area contributed by atoms with Crippen molar-refractivity contribution in [3.8, 4) is 0 Å². The molecule has 1 aliphatic rings. The van der Waals surface area contributed by atoms with Gasteiger partial charge in [-0.2, -0.15) is 0 Å². The second-order valence-electron chi connectivity index (χ2n) is 8.36. The van der Waals surface area contributed by atoms with E-state index in [2.05, 4.69) is 12.1 Å². The second kappa shape index (κ2) is 11.1. The molecule has 0 spiro atoms. The van der Waals surface area contributed by atoms with Gasteiger partial charge in [-0.25, -0.2) is 0 Å². The first-order valence-electron chi connectivity index (χ1n) is 11.2. The molecular weight excluding hydrogens is 392 g/mol. The minimum absolute atomic E-state index is 0.00165. The summed E-state index contributed by atoms with van der Waals surface area (Å²) in [5.74, 6) is 1.90. The van der Waals surface area contributed by atoms with Crippen molar-refractivity contribution >= 4 is 11.9 Å². The fraction of sp³-hybridized carbons (Fsp3) is 0.520. The van der Waals surface area contributed by atoms with Crippen LogP contribution >= 0.6 is 0 Å². The summed E-state index contributed by atoms with van der Waals surface area (Å²) >= 11 is 0. The van der Waals surface area contributed by atoms with Crippen molar-refractivity contribution in [3.63, 3.8) is 0 Å². The first-order chi connectivity index (χ1) is 15.0. The molecule has 0 saturated heterocycles. The van der Waals surface area contributed by atoms with Gasteiger partial charge in [0, 0.05) is 13.1 Å². The zero-order chi connectivity index (χ0) is 22.2. The van der Waals surface area contributed by atoms with Gasteiger partial charge in [-0.1, -0.05) is 30.3 Å². The zero-order valence-electron chi connectivity index (χ0n) is 18.9. The molecule has 1 saturated carbocycles. The van der Waals surface area contributed by atoms with Gasteiger partial charge < -0.3 is 14.1 Å². The number of carbonyl (C=O) groups is 2. The predicted octanol–water partition coefficient (Wildman–Crippen LogP) is 3.82. The summed E-state index contributed by atoms with van der Waals surface area (Å²) in [7, 11) is 0. The number of ether oxygens (including phenoxy) is 1. The van der Waals surface area contributed by atoms with E-state index in [9.17, 15) is 9.59 Å². The van der Waals surface area contributed by atoms with Gasteiger partial charge in [0.15, 0.2) is 0 Å². The Morgan fingerprint density at radius 1 is 1.16 bits per heavy atom. The molecule has 0 radical (unpaired) electrons. The predicted molar refractivity (Wildman–Crippen MR) is 119 cm³/mol. The molecule has 1 aliphatic carbocycles. The van der Waals surface area contributed by atoms with Gasteiger partial charge in [0.25, 0.3) is 0 Å². The van der Waals surface area contributed by atoms with E-state index in [4.69, 9.17) is 9.15 Å². The van der Waals surface area contributed by atoms with Crippen LogP contribution in [0.1, 0.15) is 43.8 Å². The number of nitrogens with zero attached hydrogens (tertiary/aromatic N) is 2. The molecule has 1 aromatic heterocycles. The molecule has 2 aromatic rings. The highest BCUT2D eigenvalue weighted by Gasteiger charge is 2.32. The number of rotatable bonds is 12. The summed E-state index contributed by atoms with van der Waals surface area (Å²) < 4.78 is 10.9. The van der Waals surface area contributed by atoms with Crippen molar-refractivity contribution < 1.29 is 18.7 Å². The van der Waals surface area contributed by atoms with Crippen molar-refractivity contribution in [1.29, 1.82) is 0 Å². The minimum atomic E-state index is -0.439. The summed E-state index contributed by atoms with van der Waals surface area (Å²) in [4.78, 5) is 29.5. The van der Waals surface area contributed by atoms with Gasteiger partial charge in [-0.05, 0) is 63.6 Å². The van der Waals surface area contributed by atoms with Gasteiger partial charge in [-0.3, -0.25) is 14.5 Å². The summed E-state index contributed by atoms with van der Waals surface area (Å²) in [5.41, 5.74) is 1.19. The molecule has 6 nitrogen and oxygen atoms in total. The van der Waals surface area contributed by atoms with Gasteiger partial charge in [0.2, 0.25) is 5.91 Å². The third-order valence-corrected chi connectivity index (χ3v) is 5.71. The lowest BCUT2D eigenvalue weighted by Crippen LogP contribution is -2.48. The van der Waals surface area contributed by atoms with Crippen molar-refractivity contribution in [1.82, 2.24) is 9.80 Å². The molecule has 1 heterocycles. The highest BCUT2D eigenvalue weighted by Crippen LogP contribution is 2.30. The van der Waals surface area contributed by atoms with Crippen molar-refractivity contribution in [2.24, 2.45) is 5.92 Å². The number of esters is 1. The Morgan fingerprint density at radius 2 is 1.90 bits per heavy atom. The molecule has 1 unspecified atom stereocenters. The maximum Gasteiger partial charge on any atom is 0.323 e. The Kier molecular flexibility index (Phi) is 8.29. The lowest BCUT2D eigenvalue weighted by molar-refractivity contribution is -0.150. The van der Waals surface area contributed by atoms with E-state index >= 15 is 0 Å². The van der Waals surface area contributed by atoms with Crippen LogP contribution in [-0.2, 0) is 27.3 Å². The highest BCUT2D eigenvalue weighted by atomic mass is 16.5. The lowest BCUT2D eigenvalue weighted by atomic mass is 10.1. The fourth-order valence-electron chi connectivity index (χ4n) is 3.64. The molecule has 0 N–H and O–H groups in total. The molecule has 6 heteroatoms. The number of hydrogen-bond acceptors (Lipinski definition) is 5. The average Bonchev–Trinajstić information content (AvgIpc) is 3.49. The van der Waals surface area contributed by atoms with Gasteiger partial charge in [0.1, 0.15) is 17.6 Å². The van der Waals surface area contributed by atoms with E-state index in [-0.39, 0.29) is 18.4 Å². The van der Waals surface area contributed by atoms with Gasteiger partial charge >= 0.3 is 5.97 Å². The largest absolute Gasteiger partial charge is 0.465 e. The fourth-order valence-corrected chi connectivity index (χ4v) is 3.64. The number of aryl methyl sites for hydroxylation is 1. The minimum Gasteiger partial charge on any atom is -0.465 e. The van der Waals surface area contributed by atoms with Crippen LogP contribution in [0.2, 0.25) is 0 Å². The molecule has 1 aromatic carbocycles. The van der Waals surface area contributed by atoms with E-state index in [1.807, 2.05) is 54.0 Å². The van der Waals surface area contributed by atoms with Crippen molar-refractivity contribution in [2.75, 3.05) is 26.2 Å². The summed E-state index contributed by atoms with van der Waals surface area (Å²) in [6.07, 6.45) is 3.08. The Labute approximate surface area is 185 Å². The highest BCUT2D eigenvalue weighted by molar-refractivity contribution is 5.80. The smallest absolute Gasteiger partial charge is 0.323 e. The topological polar surface area (TPSA) is 63.0 Å². The third-order valence-electron chi connectivity index (χ3n) is 5.71. The molecule has 168 valence electrons. The summed E-state index contributed by atoms with van der Waals surface area (Å²) in [5, 5.41) is 0. The second-order valence-corrected chi connectivity index (χ2v) is 8.36. The lowest BCUT2D eigenvalue weighted by Gasteiger charge is -2.30. The zero-order valence-corrected chi connectivity index (χ0v) is 18.9. The normalized spacial score (nSPS) is 14.5. The molecule has 0 bridgehead atoms. The van der Waals surface area contributed by atoms with E-state index in [0.29, 0.717) is 25.6 Å². The molecule has 0 aliphatic heterocycles. The number of benzene rings is 1. The Bertz CT molecular complexity index is 844. The van der Waals surface area contributed by atoms with Gasteiger partial charge in [-0.15, -0.1) is 0 Å². The Hall–Kier alpha value is -2.60. The van der Waals surface area contributed by atoms with Crippen LogP contribution in [0.5, 0.6) is 0 Å². The first kappa shape index (κ1) is 23.1. The molecule has 31 heavy (non-hydrogen) atoms. The number of carbonyl (C=O) groups excluding carboxylic acids is 2. The summed E-state index contributed by atoms with van der Waals surface area (Å²) in [6, 6.07) is 13.5. The monoisotopic (exact) mass is 426 g/mol. The van der Waals surface area contributed by atoms with Crippen LogP contribution in [-0.4, -0.2) is 54.0 Å². The average molecular weight is 427 g/mol. The van der Waals surface area contributed by atoms with Gasteiger partial charge in [0.05, 0.1) is 19.7 Å². The standard InChI is InChI=1S/C25H34N2O4/c1-4-30-25(29)20(3)27(16-22-11-12-22)18-24(28)26(17-23-13-10-19(2)31-23)15-14-21-8-6-5-7-9-21/h5-10,13,20,22H,4,11-12,14-18H2,1-3H3. The third kappa shape index (κ3) is 7.24. The van der Waals surface area contributed by atoms with Crippen LogP contribution in [0, 0.1) is 12.8 Å². The van der Waals surface area contributed by atoms with E-state index in [0.717, 1.165) is 37.3 Å².